The summed E-state index contributed by atoms with van der Waals surface area (Å²) in [5.74, 6) is -0.252. The molecule has 31 heavy (non-hydrogen) atoms. The standard InChI is InChI=1S/C24H23FN4O2/c1-12-13-7-8-16(28-24(31)17-4-3-9-26-17)22-14-11-29-19(5-2-6-20(29)30)23(14)27-18(21(13)22)10-15(12)25/h2,5-6,10,16-17,26H,3-4,7-9,11H2,1H3,(H,28,31). The second kappa shape index (κ2) is 6.72. The molecule has 2 unspecified atom stereocenters. The largest absolute Gasteiger partial charge is 0.348 e. The third-order valence-electron chi connectivity index (χ3n) is 7.08. The smallest absolute Gasteiger partial charge is 0.251 e. The summed E-state index contributed by atoms with van der Waals surface area (Å²) in [5, 5.41) is 7.46. The fraction of sp³-hybridized carbons (Fsp3) is 0.375. The third kappa shape index (κ3) is 2.69. The zero-order chi connectivity index (χ0) is 21.3. The molecule has 0 saturated carbocycles. The predicted molar refractivity (Wildman–Crippen MR) is 115 cm³/mol. The number of aromatic nitrogens is 2. The number of hydrogen-bond donors (Lipinski definition) is 2. The average Bonchev–Trinajstić information content (AvgIpc) is 3.42. The first-order valence-corrected chi connectivity index (χ1v) is 10.9. The highest BCUT2D eigenvalue weighted by molar-refractivity contribution is 5.93. The maximum atomic E-state index is 14.7. The van der Waals surface area contributed by atoms with E-state index >= 15 is 0 Å². The Bertz CT molecular complexity index is 1320. The van der Waals surface area contributed by atoms with Gasteiger partial charge in [-0.05, 0) is 61.9 Å². The lowest BCUT2D eigenvalue weighted by molar-refractivity contribution is -0.123. The molecule has 2 N–H and O–H groups in total. The second-order valence-corrected chi connectivity index (χ2v) is 8.79. The molecule has 3 aliphatic rings. The number of pyridine rings is 2. The topological polar surface area (TPSA) is 76.0 Å². The fourth-order valence-corrected chi connectivity index (χ4v) is 5.52. The molecule has 3 aromatic rings. The van der Waals surface area contributed by atoms with Crippen molar-refractivity contribution in [3.05, 3.63) is 62.7 Å². The minimum absolute atomic E-state index is 0.0103. The first kappa shape index (κ1) is 18.7. The van der Waals surface area contributed by atoms with Gasteiger partial charge in [-0.3, -0.25) is 9.59 Å². The highest BCUT2D eigenvalue weighted by Crippen LogP contribution is 2.44. The molecule has 0 spiro atoms. The Balaban J connectivity index is 1.57. The van der Waals surface area contributed by atoms with Crippen LogP contribution in [0.1, 0.15) is 47.6 Å². The molecule has 1 aliphatic carbocycles. The molecule has 0 radical (unpaired) electrons. The Hall–Kier alpha value is -3.06. The molecule has 1 amide bonds. The van der Waals surface area contributed by atoms with Gasteiger partial charge < -0.3 is 15.2 Å². The normalized spacial score (nSPS) is 21.2. The molecule has 1 fully saturated rings. The number of halogens is 1. The highest BCUT2D eigenvalue weighted by Gasteiger charge is 2.35. The van der Waals surface area contributed by atoms with Gasteiger partial charge in [-0.2, -0.15) is 0 Å². The van der Waals surface area contributed by atoms with Crippen LogP contribution in [0.2, 0.25) is 0 Å². The van der Waals surface area contributed by atoms with E-state index in [1.807, 2.05) is 13.0 Å². The van der Waals surface area contributed by atoms with Gasteiger partial charge in [0.2, 0.25) is 5.91 Å². The summed E-state index contributed by atoms with van der Waals surface area (Å²) in [6, 6.07) is 6.29. The van der Waals surface area contributed by atoms with E-state index in [0.717, 1.165) is 52.9 Å². The molecular weight excluding hydrogens is 395 g/mol. The zero-order valence-electron chi connectivity index (χ0n) is 17.3. The molecular formula is C24H23FN4O2. The maximum absolute atomic E-state index is 14.7. The van der Waals surface area contributed by atoms with Gasteiger partial charge in [0.1, 0.15) is 5.82 Å². The summed E-state index contributed by atoms with van der Waals surface area (Å²) < 4.78 is 16.4. The van der Waals surface area contributed by atoms with Gasteiger partial charge in [0.15, 0.2) is 0 Å². The third-order valence-corrected chi connectivity index (χ3v) is 7.08. The van der Waals surface area contributed by atoms with Gasteiger partial charge in [-0.25, -0.2) is 9.37 Å². The van der Waals surface area contributed by atoms with Crippen LogP contribution in [0, 0.1) is 12.7 Å². The second-order valence-electron chi connectivity index (χ2n) is 8.79. The van der Waals surface area contributed by atoms with E-state index in [1.165, 1.54) is 6.07 Å². The number of nitrogens with zero attached hydrogens (tertiary/aromatic N) is 2. The van der Waals surface area contributed by atoms with Crippen molar-refractivity contribution in [3.63, 3.8) is 0 Å². The summed E-state index contributed by atoms with van der Waals surface area (Å²) in [6.07, 6.45) is 3.22. The number of fused-ring (bicyclic) bond motifs is 4. The number of carbonyl (C=O) groups excluding carboxylic acids is 1. The molecule has 6 rings (SSSR count). The number of rotatable bonds is 2. The molecule has 158 valence electrons. The Morgan fingerprint density at radius 1 is 1.29 bits per heavy atom. The predicted octanol–water partition coefficient (Wildman–Crippen LogP) is 2.73. The van der Waals surface area contributed by atoms with Gasteiger partial charge in [0.25, 0.3) is 5.56 Å². The molecule has 4 heterocycles. The van der Waals surface area contributed by atoms with E-state index in [0.29, 0.717) is 30.5 Å². The van der Waals surface area contributed by atoms with Crippen LogP contribution < -0.4 is 16.2 Å². The first-order chi connectivity index (χ1) is 15.0. The Labute approximate surface area is 178 Å². The number of hydrogen-bond acceptors (Lipinski definition) is 4. The van der Waals surface area contributed by atoms with Crippen LogP contribution in [-0.4, -0.2) is 28.0 Å². The van der Waals surface area contributed by atoms with Crippen molar-refractivity contribution in [2.24, 2.45) is 0 Å². The molecule has 2 atom stereocenters. The van der Waals surface area contributed by atoms with Crippen molar-refractivity contribution in [2.75, 3.05) is 6.54 Å². The van der Waals surface area contributed by atoms with Crippen LogP contribution in [0.25, 0.3) is 22.3 Å². The van der Waals surface area contributed by atoms with Gasteiger partial charge >= 0.3 is 0 Å². The molecule has 1 saturated heterocycles. The molecule has 2 aliphatic heterocycles. The van der Waals surface area contributed by atoms with E-state index in [9.17, 15) is 14.0 Å². The minimum atomic E-state index is -0.262. The molecule has 1 aromatic carbocycles. The van der Waals surface area contributed by atoms with Gasteiger partial charge in [-0.15, -0.1) is 0 Å². The van der Waals surface area contributed by atoms with Crippen LogP contribution in [0.3, 0.4) is 0 Å². The molecule has 2 aromatic heterocycles. The van der Waals surface area contributed by atoms with Crippen LogP contribution in [-0.2, 0) is 17.8 Å². The van der Waals surface area contributed by atoms with Crippen LogP contribution >= 0.6 is 0 Å². The number of aryl methyl sites for hydroxylation is 1. The van der Waals surface area contributed by atoms with Crippen LogP contribution in [0.4, 0.5) is 4.39 Å². The Morgan fingerprint density at radius 2 is 2.16 bits per heavy atom. The van der Waals surface area contributed by atoms with E-state index in [2.05, 4.69) is 10.6 Å². The van der Waals surface area contributed by atoms with Crippen molar-refractivity contribution < 1.29 is 9.18 Å². The van der Waals surface area contributed by atoms with Gasteiger partial charge in [-0.1, -0.05) is 6.07 Å². The summed E-state index contributed by atoms with van der Waals surface area (Å²) in [5.41, 5.74) is 5.55. The van der Waals surface area contributed by atoms with Crippen molar-refractivity contribution in [2.45, 2.75) is 51.2 Å². The minimum Gasteiger partial charge on any atom is -0.348 e. The number of carbonyl (C=O) groups is 1. The van der Waals surface area contributed by atoms with Crippen LogP contribution in [0.5, 0.6) is 0 Å². The Morgan fingerprint density at radius 3 is 2.97 bits per heavy atom. The lowest BCUT2D eigenvalue weighted by atomic mass is 9.81. The zero-order valence-corrected chi connectivity index (χ0v) is 17.3. The van der Waals surface area contributed by atoms with E-state index in [-0.39, 0.29) is 29.4 Å². The van der Waals surface area contributed by atoms with Crippen LogP contribution in [0.15, 0.2) is 29.1 Å². The summed E-state index contributed by atoms with van der Waals surface area (Å²) >= 11 is 0. The van der Waals surface area contributed by atoms with Gasteiger partial charge in [0.05, 0.1) is 35.5 Å². The summed E-state index contributed by atoms with van der Waals surface area (Å²) in [6.45, 7) is 3.09. The Kier molecular flexibility index (Phi) is 4.05. The lowest BCUT2D eigenvalue weighted by Gasteiger charge is -2.30. The van der Waals surface area contributed by atoms with Crippen molar-refractivity contribution in [3.8, 4) is 11.4 Å². The highest BCUT2D eigenvalue weighted by atomic mass is 19.1. The van der Waals surface area contributed by atoms with Crippen molar-refractivity contribution in [1.29, 1.82) is 0 Å². The number of amides is 1. The lowest BCUT2D eigenvalue weighted by Crippen LogP contribution is -2.43. The van der Waals surface area contributed by atoms with E-state index in [1.54, 1.807) is 16.7 Å². The number of nitrogens with one attached hydrogen (secondary N) is 2. The van der Waals surface area contributed by atoms with Gasteiger partial charge in [0, 0.05) is 23.1 Å². The van der Waals surface area contributed by atoms with Crippen molar-refractivity contribution in [1.82, 2.24) is 20.2 Å². The fourth-order valence-electron chi connectivity index (χ4n) is 5.52. The molecule has 6 nitrogen and oxygen atoms in total. The van der Waals surface area contributed by atoms with E-state index < -0.39 is 0 Å². The maximum Gasteiger partial charge on any atom is 0.251 e. The summed E-state index contributed by atoms with van der Waals surface area (Å²) in [4.78, 5) is 30.2. The van der Waals surface area contributed by atoms with E-state index in [4.69, 9.17) is 4.98 Å². The molecule has 0 bridgehead atoms. The summed E-state index contributed by atoms with van der Waals surface area (Å²) in [7, 11) is 0. The first-order valence-electron chi connectivity index (χ1n) is 10.9. The SMILES string of the molecule is Cc1c(F)cc2nc3c(c4c2c1CCC4NC(=O)C1CCCN1)Cn1c-3cccc1=O. The molecule has 7 heteroatoms. The average molecular weight is 418 g/mol. The van der Waals surface area contributed by atoms with Crippen molar-refractivity contribution >= 4 is 16.8 Å². The number of benzene rings is 1. The monoisotopic (exact) mass is 418 g/mol. The quantitative estimate of drug-likeness (QED) is 0.525.